The molecule has 2 rings (SSSR count). The first kappa shape index (κ1) is 19.8. The van der Waals surface area contributed by atoms with Crippen LogP contribution >= 0.6 is 24.0 Å². The van der Waals surface area contributed by atoms with Crippen LogP contribution in [0.25, 0.3) is 0 Å². The zero-order valence-corrected chi connectivity index (χ0v) is 16.0. The highest BCUT2D eigenvalue weighted by Gasteiger charge is 2.22. The topological polar surface area (TPSA) is 75.1 Å². The Labute approximate surface area is 154 Å². The van der Waals surface area contributed by atoms with Gasteiger partial charge in [-0.3, -0.25) is 0 Å². The Morgan fingerprint density at radius 2 is 2.13 bits per heavy atom. The highest BCUT2D eigenvalue weighted by atomic mass is 127. The highest BCUT2D eigenvalue weighted by molar-refractivity contribution is 14.0. The van der Waals surface area contributed by atoms with Gasteiger partial charge in [0, 0.05) is 12.6 Å². The molecule has 1 aliphatic carbocycles. The van der Waals surface area contributed by atoms with Gasteiger partial charge in [-0.2, -0.15) is 0 Å². The van der Waals surface area contributed by atoms with E-state index in [-0.39, 0.29) is 37.2 Å². The van der Waals surface area contributed by atoms with Crippen molar-refractivity contribution in [2.75, 3.05) is 26.9 Å². The summed E-state index contributed by atoms with van der Waals surface area (Å²) >= 11 is 0. The lowest BCUT2D eigenvalue weighted by molar-refractivity contribution is 0.196. The summed E-state index contributed by atoms with van der Waals surface area (Å²) in [6.45, 7) is 3.70. The third-order valence-electron chi connectivity index (χ3n) is 3.26. The number of nitrogens with zero attached hydrogens (tertiary/aromatic N) is 1. The number of hydrogen-bond acceptors (Lipinski definition) is 4. The van der Waals surface area contributed by atoms with Gasteiger partial charge in [0.15, 0.2) is 17.5 Å². The molecule has 0 heterocycles. The molecule has 0 spiro atoms. The smallest absolute Gasteiger partial charge is 0.191 e. The van der Waals surface area contributed by atoms with Crippen LogP contribution in [-0.4, -0.2) is 44.0 Å². The van der Waals surface area contributed by atoms with E-state index in [1.165, 1.54) is 12.8 Å². The number of methoxy groups -OCH3 is 1. The Morgan fingerprint density at radius 1 is 1.35 bits per heavy atom. The summed E-state index contributed by atoms with van der Waals surface area (Å²) < 4.78 is 10.7. The summed E-state index contributed by atoms with van der Waals surface area (Å²) in [5.41, 5.74) is 1.04. The van der Waals surface area contributed by atoms with Crippen molar-refractivity contribution in [2.45, 2.75) is 32.4 Å². The zero-order valence-electron chi connectivity index (χ0n) is 13.7. The number of halogens is 1. The Kier molecular flexibility index (Phi) is 9.08. The summed E-state index contributed by atoms with van der Waals surface area (Å²) in [5, 5.41) is 15.5. The summed E-state index contributed by atoms with van der Waals surface area (Å²) in [5.74, 6) is 2.14. The van der Waals surface area contributed by atoms with Crippen LogP contribution in [-0.2, 0) is 6.54 Å². The van der Waals surface area contributed by atoms with E-state index in [1.807, 2.05) is 18.2 Å². The van der Waals surface area contributed by atoms with Crippen LogP contribution in [0.1, 0.15) is 25.3 Å². The third kappa shape index (κ3) is 6.82. The van der Waals surface area contributed by atoms with Gasteiger partial charge >= 0.3 is 0 Å². The molecule has 0 bridgehead atoms. The maximum Gasteiger partial charge on any atom is 0.191 e. The van der Waals surface area contributed by atoms with Crippen molar-refractivity contribution in [3.8, 4) is 11.5 Å². The molecule has 0 saturated heterocycles. The van der Waals surface area contributed by atoms with Crippen LogP contribution < -0.4 is 20.1 Å². The van der Waals surface area contributed by atoms with Crippen LogP contribution in [0.5, 0.6) is 11.5 Å². The standard InChI is InChI=1S/C16H25N3O3.HI/c1-3-17-16(19-13-5-6-13)18-11-12-4-7-14(22-9-8-20)15(10-12)21-2;/h4,7,10,13,20H,3,5-6,8-9,11H2,1-2H3,(H2,17,18,19);1H. The molecule has 0 unspecified atom stereocenters. The number of nitrogens with one attached hydrogen (secondary N) is 2. The number of benzene rings is 1. The number of aliphatic hydroxyl groups is 1. The van der Waals surface area contributed by atoms with Gasteiger partial charge in [-0.05, 0) is 37.5 Å². The first-order chi connectivity index (χ1) is 10.8. The molecule has 7 heteroatoms. The summed E-state index contributed by atoms with van der Waals surface area (Å²) in [7, 11) is 1.60. The normalized spacial score (nSPS) is 14.0. The second-order valence-electron chi connectivity index (χ2n) is 5.17. The van der Waals surface area contributed by atoms with E-state index in [1.54, 1.807) is 7.11 Å². The van der Waals surface area contributed by atoms with Gasteiger partial charge in [-0.15, -0.1) is 24.0 Å². The van der Waals surface area contributed by atoms with Crippen LogP contribution in [0.4, 0.5) is 0 Å². The van der Waals surface area contributed by atoms with Gasteiger partial charge in [0.25, 0.3) is 0 Å². The lowest BCUT2D eigenvalue weighted by Crippen LogP contribution is -2.38. The largest absolute Gasteiger partial charge is 0.493 e. The predicted molar refractivity (Wildman–Crippen MR) is 102 cm³/mol. The monoisotopic (exact) mass is 435 g/mol. The lowest BCUT2D eigenvalue weighted by Gasteiger charge is -2.12. The fourth-order valence-electron chi connectivity index (χ4n) is 2.00. The van der Waals surface area contributed by atoms with Crippen molar-refractivity contribution < 1.29 is 14.6 Å². The second-order valence-corrected chi connectivity index (χ2v) is 5.17. The number of rotatable bonds is 8. The molecule has 1 fully saturated rings. The highest BCUT2D eigenvalue weighted by Crippen LogP contribution is 2.28. The molecular formula is C16H26IN3O3. The molecule has 1 saturated carbocycles. The summed E-state index contributed by atoms with van der Waals surface area (Å²) in [6.07, 6.45) is 2.43. The first-order valence-electron chi connectivity index (χ1n) is 7.72. The Bertz CT molecular complexity index is 507. The number of guanidine groups is 1. The maximum absolute atomic E-state index is 8.82. The van der Waals surface area contributed by atoms with Gasteiger partial charge < -0.3 is 25.2 Å². The van der Waals surface area contributed by atoms with Crippen molar-refractivity contribution in [3.63, 3.8) is 0 Å². The van der Waals surface area contributed by atoms with Crippen molar-refractivity contribution in [3.05, 3.63) is 23.8 Å². The molecule has 3 N–H and O–H groups in total. The molecule has 130 valence electrons. The number of ether oxygens (including phenoxy) is 2. The van der Waals surface area contributed by atoms with Crippen molar-refractivity contribution in [2.24, 2.45) is 4.99 Å². The van der Waals surface area contributed by atoms with E-state index in [9.17, 15) is 0 Å². The fourth-order valence-corrected chi connectivity index (χ4v) is 2.00. The average molecular weight is 435 g/mol. The summed E-state index contributed by atoms with van der Waals surface area (Å²) in [6, 6.07) is 6.29. The molecule has 0 aromatic heterocycles. The summed E-state index contributed by atoms with van der Waals surface area (Å²) in [4.78, 5) is 4.59. The number of aliphatic imine (C=N–C) groups is 1. The molecule has 23 heavy (non-hydrogen) atoms. The minimum absolute atomic E-state index is 0. The van der Waals surface area contributed by atoms with Crippen LogP contribution in [0.15, 0.2) is 23.2 Å². The molecular weight excluding hydrogens is 409 g/mol. The number of hydrogen-bond donors (Lipinski definition) is 3. The first-order valence-corrected chi connectivity index (χ1v) is 7.72. The number of aliphatic hydroxyl groups excluding tert-OH is 1. The Morgan fingerprint density at radius 3 is 2.74 bits per heavy atom. The minimum Gasteiger partial charge on any atom is -0.493 e. The van der Waals surface area contributed by atoms with E-state index in [0.717, 1.165) is 18.1 Å². The minimum atomic E-state index is -0.0198. The van der Waals surface area contributed by atoms with Gasteiger partial charge in [0.2, 0.25) is 0 Å². The molecule has 6 nitrogen and oxygen atoms in total. The van der Waals surface area contributed by atoms with Gasteiger partial charge in [0.05, 0.1) is 20.3 Å². The van der Waals surface area contributed by atoms with Gasteiger partial charge in [0.1, 0.15) is 6.61 Å². The molecule has 1 aliphatic rings. The van der Waals surface area contributed by atoms with Crippen LogP contribution in [0.3, 0.4) is 0 Å². The lowest BCUT2D eigenvalue weighted by atomic mass is 10.2. The van der Waals surface area contributed by atoms with Crippen molar-refractivity contribution >= 4 is 29.9 Å². The van der Waals surface area contributed by atoms with E-state index >= 15 is 0 Å². The fraction of sp³-hybridized carbons (Fsp3) is 0.562. The molecule has 0 atom stereocenters. The van der Waals surface area contributed by atoms with Crippen LogP contribution in [0.2, 0.25) is 0 Å². The quantitative estimate of drug-likeness (QED) is 0.331. The SMILES string of the molecule is CCNC(=NCc1ccc(OCCO)c(OC)c1)NC1CC1.I. The van der Waals surface area contributed by atoms with E-state index in [2.05, 4.69) is 22.5 Å². The second kappa shape index (κ2) is 10.5. The van der Waals surface area contributed by atoms with E-state index < -0.39 is 0 Å². The Hall–Kier alpha value is -1.22. The Balaban J connectivity index is 0.00000264. The van der Waals surface area contributed by atoms with Crippen molar-refractivity contribution in [1.29, 1.82) is 0 Å². The van der Waals surface area contributed by atoms with E-state index in [0.29, 0.717) is 24.1 Å². The van der Waals surface area contributed by atoms with Crippen molar-refractivity contribution in [1.82, 2.24) is 10.6 Å². The maximum atomic E-state index is 8.82. The van der Waals surface area contributed by atoms with Gasteiger partial charge in [-0.25, -0.2) is 4.99 Å². The zero-order chi connectivity index (χ0) is 15.8. The molecule has 1 aromatic carbocycles. The third-order valence-corrected chi connectivity index (χ3v) is 3.26. The van der Waals surface area contributed by atoms with Gasteiger partial charge in [-0.1, -0.05) is 6.07 Å². The van der Waals surface area contributed by atoms with E-state index in [4.69, 9.17) is 14.6 Å². The molecule has 0 radical (unpaired) electrons. The van der Waals surface area contributed by atoms with Crippen LogP contribution in [0, 0.1) is 0 Å². The molecule has 1 aromatic rings. The molecule has 0 amide bonds. The predicted octanol–water partition coefficient (Wildman–Crippen LogP) is 1.90. The average Bonchev–Trinajstić information content (AvgIpc) is 3.35. The molecule has 0 aliphatic heterocycles.